The first-order valence-corrected chi connectivity index (χ1v) is 19.1. The summed E-state index contributed by atoms with van der Waals surface area (Å²) in [6, 6.07) is 4.70. The molecule has 1 amide bonds. The number of alkyl halides is 1. The van der Waals surface area contributed by atoms with Gasteiger partial charge in [-0.2, -0.15) is 5.01 Å². The van der Waals surface area contributed by atoms with Crippen LogP contribution < -0.4 is 0 Å². The van der Waals surface area contributed by atoms with Gasteiger partial charge >= 0.3 is 12.1 Å². The highest BCUT2D eigenvalue weighted by Gasteiger charge is 2.62. The van der Waals surface area contributed by atoms with Gasteiger partial charge in [0, 0.05) is 49.1 Å². The van der Waals surface area contributed by atoms with E-state index in [1.807, 2.05) is 63.0 Å². The number of carbonyl (C=O) groups excluding carboxylic acids is 3. The maximum absolute atomic E-state index is 16.8. The number of esters is 1. The van der Waals surface area contributed by atoms with Crippen LogP contribution in [0.2, 0.25) is 0 Å². The summed E-state index contributed by atoms with van der Waals surface area (Å²) in [4.78, 5) is 53.3. The molecule has 4 aliphatic rings. The van der Waals surface area contributed by atoms with Crippen LogP contribution in [-0.4, -0.2) is 143 Å². The molecule has 1 N–H and O–H groups in total. The number of methoxy groups -OCH3 is 1. The summed E-state index contributed by atoms with van der Waals surface area (Å²) >= 11 is 0. The lowest BCUT2D eigenvalue weighted by atomic mass is 9.73. The molecule has 1 aromatic heterocycles. The molecular weight excluding hydrogens is 701 g/mol. The van der Waals surface area contributed by atoms with Gasteiger partial charge in [-0.1, -0.05) is 26.8 Å². The Labute approximate surface area is 318 Å². The minimum Gasteiger partial charge on any atom is -0.456 e. The zero-order valence-electron chi connectivity index (χ0n) is 33.7. The summed E-state index contributed by atoms with van der Waals surface area (Å²) in [5, 5.41) is 14.9. The van der Waals surface area contributed by atoms with Gasteiger partial charge < -0.3 is 33.7 Å². The van der Waals surface area contributed by atoms with Crippen molar-refractivity contribution in [2.45, 2.75) is 141 Å². The number of ether oxygens (including phenoxy) is 5. The van der Waals surface area contributed by atoms with E-state index in [0.717, 1.165) is 18.3 Å². The Morgan fingerprint density at radius 2 is 1.78 bits per heavy atom. The van der Waals surface area contributed by atoms with Gasteiger partial charge in [0.15, 0.2) is 17.7 Å². The molecule has 3 fully saturated rings. The maximum atomic E-state index is 16.8. The second kappa shape index (κ2) is 16.2. The topological polar surface area (TPSA) is 153 Å². The molecule has 0 radical (unpaired) electrons. The number of fused-ring (bicyclic) bond motifs is 1. The van der Waals surface area contributed by atoms with E-state index in [0.29, 0.717) is 25.8 Å². The molecule has 2 bridgehead atoms. The third-order valence-corrected chi connectivity index (χ3v) is 12.2. The van der Waals surface area contributed by atoms with Crippen molar-refractivity contribution >= 4 is 23.6 Å². The molecular formula is C39H60FN5O9. The Bertz CT molecular complexity index is 1550. The predicted molar refractivity (Wildman–Crippen MR) is 197 cm³/mol. The van der Waals surface area contributed by atoms with Gasteiger partial charge in [0.05, 0.1) is 17.8 Å². The van der Waals surface area contributed by atoms with Gasteiger partial charge in [0.1, 0.15) is 24.9 Å². The van der Waals surface area contributed by atoms with Crippen LogP contribution in [0.5, 0.6) is 0 Å². The Morgan fingerprint density at radius 1 is 1.07 bits per heavy atom. The number of carbonyl (C=O) groups is 3. The molecule has 3 saturated heterocycles. The number of rotatable bonds is 8. The molecule has 54 heavy (non-hydrogen) atoms. The third-order valence-electron chi connectivity index (χ3n) is 12.2. The van der Waals surface area contributed by atoms with Crippen LogP contribution in [0, 0.1) is 17.8 Å². The van der Waals surface area contributed by atoms with Crippen molar-refractivity contribution in [1.82, 2.24) is 19.9 Å². The highest BCUT2D eigenvalue weighted by Crippen LogP contribution is 2.44. The van der Waals surface area contributed by atoms with Gasteiger partial charge in [-0.25, -0.2) is 19.0 Å². The smallest absolute Gasteiger partial charge is 0.425 e. The molecule has 0 saturated carbocycles. The average molecular weight is 762 g/mol. The number of Topliss-reactive ketones (excluding diaryl/α,β-unsaturated/α-hetero) is 1. The number of pyridine rings is 1. The average Bonchev–Trinajstić information content (AvgIpc) is 3.30. The first-order valence-electron chi connectivity index (χ1n) is 19.1. The van der Waals surface area contributed by atoms with E-state index in [-0.39, 0.29) is 31.2 Å². The lowest BCUT2D eigenvalue weighted by Gasteiger charge is -2.47. The number of amides is 1. The molecule has 1 aromatic rings. The molecule has 0 aliphatic carbocycles. The zero-order chi connectivity index (χ0) is 39.9. The van der Waals surface area contributed by atoms with E-state index in [1.54, 1.807) is 32.0 Å². The number of aliphatic hydroxyl groups is 1. The van der Waals surface area contributed by atoms with Gasteiger partial charge in [-0.05, 0) is 92.4 Å². The van der Waals surface area contributed by atoms with Crippen molar-refractivity contribution in [2.75, 3.05) is 34.4 Å². The number of likely N-dealkylation sites (N-methyl/N-ethyl adjacent to an activating group) is 1. The predicted octanol–water partition coefficient (Wildman–Crippen LogP) is 3.98. The number of aromatic nitrogens is 1. The summed E-state index contributed by atoms with van der Waals surface area (Å²) in [6.45, 7) is 13.8. The quantitative estimate of drug-likeness (QED) is 0.301. The number of hydrazine groups is 1. The molecule has 5 heterocycles. The van der Waals surface area contributed by atoms with E-state index in [4.69, 9.17) is 28.7 Å². The van der Waals surface area contributed by atoms with Crippen LogP contribution in [0.3, 0.4) is 0 Å². The highest BCUT2D eigenvalue weighted by molar-refractivity contribution is 6.08. The van der Waals surface area contributed by atoms with Crippen LogP contribution in [-0.2, 0) is 39.7 Å². The number of hydrogen-bond acceptors (Lipinski definition) is 13. The Kier molecular flexibility index (Phi) is 12.6. The lowest BCUT2D eigenvalue weighted by molar-refractivity contribution is -0.295. The number of aryl methyl sites for hydroxylation is 1. The van der Waals surface area contributed by atoms with E-state index >= 15 is 4.39 Å². The lowest BCUT2D eigenvalue weighted by Crippen LogP contribution is -2.62. The van der Waals surface area contributed by atoms with Crippen LogP contribution in [0.25, 0.3) is 0 Å². The van der Waals surface area contributed by atoms with Crippen molar-refractivity contribution in [2.24, 2.45) is 22.7 Å². The van der Waals surface area contributed by atoms with E-state index in [2.05, 4.69) is 4.98 Å². The fraction of sp³-hybridized carbons (Fsp3) is 0.769. The number of halogens is 1. The largest absolute Gasteiger partial charge is 0.456 e. The molecule has 302 valence electrons. The zero-order valence-corrected chi connectivity index (χ0v) is 33.7. The Morgan fingerprint density at radius 3 is 2.41 bits per heavy atom. The Hall–Kier alpha value is -3.08. The molecule has 15 heteroatoms. The minimum absolute atomic E-state index is 0.148. The fourth-order valence-corrected chi connectivity index (χ4v) is 8.96. The van der Waals surface area contributed by atoms with Gasteiger partial charge in [-0.3, -0.25) is 14.8 Å². The second-order valence-electron chi connectivity index (χ2n) is 16.5. The van der Waals surface area contributed by atoms with Gasteiger partial charge in [-0.15, -0.1) is 0 Å². The normalized spacial score (nSPS) is 41.2. The van der Waals surface area contributed by atoms with Crippen molar-refractivity contribution in [3.63, 3.8) is 0 Å². The van der Waals surface area contributed by atoms with E-state index in [1.165, 1.54) is 14.0 Å². The van der Waals surface area contributed by atoms with Crippen molar-refractivity contribution in [3.8, 4) is 0 Å². The molecule has 0 aromatic carbocycles. The SMILES string of the molecule is CO[C@@]1(C)C[C@@H](C)C2=NCN(CCCc3ccccn3)N3C(=O)O[C@](C)([C@H](C)OC(=O)C(C)(F)C(=O)[C@H](C)[C@H]1O[C@@H]1O[C@H](C)C[C@H](N(C)C)[C@H]1O)[C@H]3[C@@H]2C. The van der Waals surface area contributed by atoms with Crippen LogP contribution >= 0.6 is 0 Å². The van der Waals surface area contributed by atoms with E-state index < -0.39 is 77.2 Å². The van der Waals surface area contributed by atoms with Gasteiger partial charge in [0.25, 0.3) is 5.67 Å². The monoisotopic (exact) mass is 761 g/mol. The number of nitrogens with zero attached hydrogens (tertiary/aromatic N) is 5. The molecule has 4 aliphatic heterocycles. The Balaban J connectivity index is 1.57. The summed E-state index contributed by atoms with van der Waals surface area (Å²) in [5.41, 5.74) is -4.19. The summed E-state index contributed by atoms with van der Waals surface area (Å²) < 4.78 is 47.5. The summed E-state index contributed by atoms with van der Waals surface area (Å²) in [5.74, 6) is -4.53. The fourth-order valence-electron chi connectivity index (χ4n) is 8.96. The standard InChI is InChI=1S/C39H60FN5O9/c1-22-20-37(6,50-11)33(53-34-30(46)28(43(9)10)19-23(2)51-34)25(4)32(47)38(7,40)35(48)52-26(5)39(8)31-24(3)29(22)42-21-44(45(31)36(49)54-39)18-14-16-27-15-12-13-17-41-27/h12-13,15,17,22-26,28,30-31,33-34,46H,14,16,18-21H2,1-11H3/t22-,23-,24-,25+,26+,28+,30-,31-,33-,34+,37+,38?,39-/m1/s1. The number of aliphatic imine (C=N–C) groups is 1. The first kappa shape index (κ1) is 42.1. The maximum Gasteiger partial charge on any atom is 0.425 e. The van der Waals surface area contributed by atoms with Crippen LogP contribution in [0.4, 0.5) is 9.18 Å². The number of cyclic esters (lactones) is 1. The second-order valence-corrected chi connectivity index (χ2v) is 16.5. The van der Waals surface area contributed by atoms with Crippen LogP contribution in [0.15, 0.2) is 29.4 Å². The van der Waals surface area contributed by atoms with Crippen LogP contribution in [0.1, 0.15) is 80.3 Å². The van der Waals surface area contributed by atoms with E-state index in [9.17, 15) is 19.5 Å². The minimum atomic E-state index is -3.12. The molecule has 1 unspecified atom stereocenters. The molecule has 0 spiro atoms. The van der Waals surface area contributed by atoms with Gasteiger partial charge in [0.2, 0.25) is 0 Å². The summed E-state index contributed by atoms with van der Waals surface area (Å²) in [6.07, 6.45) is -1.74. The molecule has 5 rings (SSSR count). The van der Waals surface area contributed by atoms with Crippen molar-refractivity contribution in [3.05, 3.63) is 30.1 Å². The number of hydrogen-bond donors (Lipinski definition) is 1. The number of ketones is 1. The summed E-state index contributed by atoms with van der Waals surface area (Å²) in [7, 11) is 5.19. The van der Waals surface area contributed by atoms with Crippen molar-refractivity contribution in [1.29, 1.82) is 0 Å². The molecule has 13 atom stereocenters. The number of aliphatic hydroxyl groups excluding tert-OH is 1. The highest BCUT2D eigenvalue weighted by atomic mass is 19.1. The van der Waals surface area contributed by atoms with Crippen molar-refractivity contribution < 1.29 is 47.6 Å². The first-order chi connectivity index (χ1) is 25.3. The molecule has 14 nitrogen and oxygen atoms in total. The third kappa shape index (κ3) is 7.94.